The molecule has 5 heteroatoms. The molecule has 2 amide bonds. The maximum Gasteiger partial charge on any atom is 0.228 e. The van der Waals surface area contributed by atoms with Gasteiger partial charge in [0, 0.05) is 37.5 Å². The molecule has 0 radical (unpaired) electrons. The smallest absolute Gasteiger partial charge is 0.228 e. The van der Waals surface area contributed by atoms with Crippen molar-refractivity contribution in [2.75, 3.05) is 13.1 Å². The molecule has 3 heterocycles. The lowest BCUT2D eigenvalue weighted by atomic mass is 10.0. The second-order valence-corrected chi connectivity index (χ2v) is 7.54. The van der Waals surface area contributed by atoms with E-state index >= 15 is 0 Å². The van der Waals surface area contributed by atoms with E-state index in [-0.39, 0.29) is 17.7 Å². The van der Waals surface area contributed by atoms with Crippen molar-refractivity contribution in [2.45, 2.75) is 25.9 Å². The van der Waals surface area contributed by atoms with E-state index in [1.54, 1.807) is 11.3 Å². The zero-order valence-electron chi connectivity index (χ0n) is 13.5. The second kappa shape index (κ2) is 6.40. The predicted molar refractivity (Wildman–Crippen MR) is 93.4 cm³/mol. The highest BCUT2D eigenvalue weighted by molar-refractivity contribution is 7.10. The highest BCUT2D eigenvalue weighted by atomic mass is 32.1. The van der Waals surface area contributed by atoms with Crippen molar-refractivity contribution in [1.82, 2.24) is 9.80 Å². The molecule has 1 aromatic heterocycles. The van der Waals surface area contributed by atoms with Crippen LogP contribution in [0.4, 0.5) is 0 Å². The number of nitrogens with zero attached hydrogens (tertiary/aromatic N) is 2. The molecule has 24 heavy (non-hydrogen) atoms. The fourth-order valence-electron chi connectivity index (χ4n) is 3.59. The van der Waals surface area contributed by atoms with E-state index < -0.39 is 0 Å². The Hall–Kier alpha value is -2.14. The number of benzene rings is 1. The van der Waals surface area contributed by atoms with Gasteiger partial charge in [-0.3, -0.25) is 9.59 Å². The molecule has 0 N–H and O–H groups in total. The number of carbonyl (C=O) groups excluding carboxylic acids is 2. The standard InChI is InChI=1S/C19H20N2O2S/c22-18-10-16(13-21(18)11-14-4-2-1-3-5-14)19(23)20-8-6-17-15(12-20)7-9-24-17/h1-5,7,9,16H,6,8,10-13H2. The monoisotopic (exact) mass is 340 g/mol. The van der Waals surface area contributed by atoms with Crippen LogP contribution in [0.15, 0.2) is 41.8 Å². The SMILES string of the molecule is O=C1CC(C(=O)N2CCc3sccc3C2)CN1Cc1ccccc1. The first-order valence-electron chi connectivity index (χ1n) is 8.36. The van der Waals surface area contributed by atoms with Gasteiger partial charge in [-0.15, -0.1) is 11.3 Å². The summed E-state index contributed by atoms with van der Waals surface area (Å²) in [6.07, 6.45) is 1.28. The number of amides is 2. The van der Waals surface area contributed by atoms with E-state index in [0.29, 0.717) is 26.1 Å². The topological polar surface area (TPSA) is 40.6 Å². The zero-order valence-corrected chi connectivity index (χ0v) is 14.3. The van der Waals surface area contributed by atoms with E-state index in [1.165, 1.54) is 10.4 Å². The number of rotatable bonds is 3. The minimum atomic E-state index is -0.193. The fraction of sp³-hybridized carbons (Fsp3) is 0.368. The van der Waals surface area contributed by atoms with Crippen LogP contribution in [0.2, 0.25) is 0 Å². The maximum absolute atomic E-state index is 12.8. The van der Waals surface area contributed by atoms with E-state index in [2.05, 4.69) is 11.4 Å². The molecular formula is C19H20N2O2S. The van der Waals surface area contributed by atoms with E-state index in [9.17, 15) is 9.59 Å². The molecule has 1 atom stereocenters. The lowest BCUT2D eigenvalue weighted by molar-refractivity contribution is -0.136. The Morgan fingerprint density at radius 3 is 2.88 bits per heavy atom. The first-order valence-corrected chi connectivity index (χ1v) is 9.24. The van der Waals surface area contributed by atoms with Gasteiger partial charge in [0.2, 0.25) is 11.8 Å². The summed E-state index contributed by atoms with van der Waals surface area (Å²) < 4.78 is 0. The summed E-state index contributed by atoms with van der Waals surface area (Å²) in [5, 5.41) is 2.10. The molecule has 0 spiro atoms. The molecule has 0 aliphatic carbocycles. The van der Waals surface area contributed by atoms with E-state index in [4.69, 9.17) is 0 Å². The van der Waals surface area contributed by atoms with Crippen LogP contribution in [-0.2, 0) is 29.1 Å². The van der Waals surface area contributed by atoms with Gasteiger partial charge in [0.05, 0.1) is 5.92 Å². The van der Waals surface area contributed by atoms with Crippen LogP contribution in [-0.4, -0.2) is 34.7 Å². The minimum Gasteiger partial charge on any atom is -0.338 e. The molecule has 0 bridgehead atoms. The summed E-state index contributed by atoms with van der Waals surface area (Å²) in [5.41, 5.74) is 2.38. The molecule has 4 rings (SSSR count). The van der Waals surface area contributed by atoms with Gasteiger partial charge in [0.15, 0.2) is 0 Å². The molecule has 4 nitrogen and oxygen atoms in total. The van der Waals surface area contributed by atoms with Crippen molar-refractivity contribution < 1.29 is 9.59 Å². The van der Waals surface area contributed by atoms with Gasteiger partial charge >= 0.3 is 0 Å². The highest BCUT2D eigenvalue weighted by Crippen LogP contribution is 2.28. The van der Waals surface area contributed by atoms with Gasteiger partial charge in [-0.2, -0.15) is 0 Å². The lowest BCUT2D eigenvalue weighted by Gasteiger charge is -2.29. The van der Waals surface area contributed by atoms with Crippen molar-refractivity contribution in [2.24, 2.45) is 5.92 Å². The molecule has 1 saturated heterocycles. The summed E-state index contributed by atoms with van der Waals surface area (Å²) in [6, 6.07) is 12.1. The van der Waals surface area contributed by atoms with Crippen LogP contribution in [0, 0.1) is 5.92 Å². The summed E-state index contributed by atoms with van der Waals surface area (Å²) in [6.45, 7) is 2.61. The van der Waals surface area contributed by atoms with Gasteiger partial charge in [-0.25, -0.2) is 0 Å². The molecule has 1 unspecified atom stereocenters. The Morgan fingerprint density at radius 1 is 1.21 bits per heavy atom. The van der Waals surface area contributed by atoms with Gasteiger partial charge in [-0.05, 0) is 29.0 Å². The van der Waals surface area contributed by atoms with Gasteiger partial charge in [-0.1, -0.05) is 30.3 Å². The normalized spacial score (nSPS) is 20.3. The van der Waals surface area contributed by atoms with Crippen LogP contribution >= 0.6 is 11.3 Å². The average Bonchev–Trinajstić information content (AvgIpc) is 3.21. The Balaban J connectivity index is 1.40. The average molecular weight is 340 g/mol. The molecule has 1 aromatic carbocycles. The number of hydrogen-bond acceptors (Lipinski definition) is 3. The first-order chi connectivity index (χ1) is 11.7. The predicted octanol–water partition coefficient (Wildman–Crippen LogP) is 2.68. The molecule has 0 saturated carbocycles. The van der Waals surface area contributed by atoms with Crippen LogP contribution in [0.5, 0.6) is 0 Å². The Morgan fingerprint density at radius 2 is 2.04 bits per heavy atom. The van der Waals surface area contributed by atoms with Crippen LogP contribution < -0.4 is 0 Å². The number of fused-ring (bicyclic) bond motifs is 1. The minimum absolute atomic E-state index is 0.0884. The first kappa shape index (κ1) is 15.4. The van der Waals surface area contributed by atoms with Crippen molar-refractivity contribution in [1.29, 1.82) is 0 Å². The van der Waals surface area contributed by atoms with Gasteiger partial charge < -0.3 is 9.80 Å². The number of hydrogen-bond donors (Lipinski definition) is 0. The molecule has 2 aromatic rings. The third kappa shape index (κ3) is 2.96. The van der Waals surface area contributed by atoms with Crippen molar-refractivity contribution >= 4 is 23.2 Å². The third-order valence-corrected chi connectivity index (χ3v) is 5.92. The highest BCUT2D eigenvalue weighted by Gasteiger charge is 2.37. The molecule has 1 fully saturated rings. The summed E-state index contributed by atoms with van der Waals surface area (Å²) >= 11 is 1.77. The molecule has 2 aliphatic heterocycles. The van der Waals surface area contributed by atoms with Crippen LogP contribution in [0.1, 0.15) is 22.4 Å². The second-order valence-electron chi connectivity index (χ2n) is 6.54. The van der Waals surface area contributed by atoms with Crippen molar-refractivity contribution in [3.05, 3.63) is 57.8 Å². The third-order valence-electron chi connectivity index (χ3n) is 4.90. The lowest BCUT2D eigenvalue weighted by Crippen LogP contribution is -2.40. The van der Waals surface area contributed by atoms with E-state index in [0.717, 1.165) is 18.5 Å². The van der Waals surface area contributed by atoms with Crippen LogP contribution in [0.25, 0.3) is 0 Å². The molecular weight excluding hydrogens is 320 g/mol. The quantitative estimate of drug-likeness (QED) is 0.862. The summed E-state index contributed by atoms with van der Waals surface area (Å²) in [7, 11) is 0. The van der Waals surface area contributed by atoms with E-state index in [1.807, 2.05) is 40.1 Å². The molecule has 124 valence electrons. The number of carbonyl (C=O) groups is 2. The Labute approximate surface area is 145 Å². The van der Waals surface area contributed by atoms with Crippen molar-refractivity contribution in [3.63, 3.8) is 0 Å². The Bertz CT molecular complexity index is 756. The van der Waals surface area contributed by atoms with Crippen molar-refractivity contribution in [3.8, 4) is 0 Å². The summed E-state index contributed by atoms with van der Waals surface area (Å²) in [5.74, 6) is 0.0302. The maximum atomic E-state index is 12.8. The number of likely N-dealkylation sites (tertiary alicyclic amines) is 1. The zero-order chi connectivity index (χ0) is 16.5. The van der Waals surface area contributed by atoms with Gasteiger partial charge in [0.25, 0.3) is 0 Å². The summed E-state index contributed by atoms with van der Waals surface area (Å²) in [4.78, 5) is 30.3. The fourth-order valence-corrected chi connectivity index (χ4v) is 4.48. The molecule has 2 aliphatic rings. The number of thiophene rings is 1. The van der Waals surface area contributed by atoms with Gasteiger partial charge in [0.1, 0.15) is 0 Å². The largest absolute Gasteiger partial charge is 0.338 e. The van der Waals surface area contributed by atoms with Crippen LogP contribution in [0.3, 0.4) is 0 Å². The Kier molecular flexibility index (Phi) is 4.10.